The molecule has 2 atom stereocenters. The number of hydrogen-bond acceptors (Lipinski definition) is 5. The van der Waals surface area contributed by atoms with Crippen LogP contribution in [0.5, 0.6) is 0 Å². The lowest BCUT2D eigenvalue weighted by Gasteiger charge is -2.46. The van der Waals surface area contributed by atoms with Gasteiger partial charge in [0, 0.05) is 54.8 Å². The fraction of sp³-hybridized carbons (Fsp3) is 0.688. The number of ether oxygens (including phenoxy) is 2. The van der Waals surface area contributed by atoms with Crippen LogP contribution >= 0.6 is 0 Å². The van der Waals surface area contributed by atoms with E-state index in [1.165, 1.54) is 6.07 Å². The van der Waals surface area contributed by atoms with Gasteiger partial charge >= 0.3 is 6.18 Å². The molecule has 0 amide bonds. The van der Waals surface area contributed by atoms with Crippen LogP contribution in [0.4, 0.5) is 13.2 Å². The maximum absolute atomic E-state index is 13.4. The summed E-state index contributed by atoms with van der Waals surface area (Å²) in [7, 11) is -2.17. The molecule has 0 bridgehead atoms. The summed E-state index contributed by atoms with van der Waals surface area (Å²) < 4.78 is 60.3. The van der Waals surface area contributed by atoms with E-state index in [9.17, 15) is 13.2 Å². The predicted molar refractivity (Wildman–Crippen MR) is 155 cm³/mol. The first-order valence-electron chi connectivity index (χ1n) is 14.9. The summed E-state index contributed by atoms with van der Waals surface area (Å²) in [4.78, 5) is 9.67. The normalized spacial score (nSPS) is 24.0. The summed E-state index contributed by atoms with van der Waals surface area (Å²) in [6.07, 6.45) is -1.24. The van der Waals surface area contributed by atoms with Crippen molar-refractivity contribution in [2.45, 2.75) is 122 Å². The van der Waals surface area contributed by atoms with Crippen LogP contribution < -0.4 is 0 Å². The van der Waals surface area contributed by atoms with E-state index in [1.807, 2.05) is 0 Å². The van der Waals surface area contributed by atoms with Crippen LogP contribution in [0.1, 0.15) is 125 Å². The van der Waals surface area contributed by atoms with Gasteiger partial charge in [-0.2, -0.15) is 13.2 Å². The summed E-state index contributed by atoms with van der Waals surface area (Å²) in [6, 6.07) is 2.57. The van der Waals surface area contributed by atoms with E-state index in [0.717, 1.165) is 53.2 Å². The molecular weight excluding hydrogens is 545 g/mol. The van der Waals surface area contributed by atoms with Crippen LogP contribution in [-0.4, -0.2) is 31.5 Å². The minimum atomic E-state index is -4.45. The molecule has 41 heavy (non-hydrogen) atoms. The third-order valence-electron chi connectivity index (χ3n) is 9.62. The van der Waals surface area contributed by atoms with Crippen molar-refractivity contribution in [2.24, 2.45) is 5.41 Å². The molecular formula is C32H45F3N2O3Si. The lowest BCUT2D eigenvalue weighted by molar-refractivity contribution is -0.138. The van der Waals surface area contributed by atoms with Gasteiger partial charge < -0.3 is 13.9 Å². The number of aromatic nitrogens is 2. The summed E-state index contributed by atoms with van der Waals surface area (Å²) in [6.45, 7) is 21.3. The zero-order valence-corrected chi connectivity index (χ0v) is 27.0. The van der Waals surface area contributed by atoms with E-state index in [0.29, 0.717) is 31.7 Å². The molecule has 2 aromatic rings. The number of pyridine rings is 2. The molecule has 5 rings (SSSR count). The van der Waals surface area contributed by atoms with Gasteiger partial charge in [-0.25, -0.2) is 0 Å². The zero-order chi connectivity index (χ0) is 30.2. The van der Waals surface area contributed by atoms with Gasteiger partial charge in [-0.1, -0.05) is 48.5 Å². The first-order chi connectivity index (χ1) is 18.9. The zero-order valence-electron chi connectivity index (χ0n) is 26.0. The molecule has 2 aliphatic heterocycles. The fourth-order valence-corrected chi connectivity index (χ4v) is 7.74. The summed E-state index contributed by atoms with van der Waals surface area (Å²) in [5, 5.41) is 0.0305. The van der Waals surface area contributed by atoms with Crippen molar-refractivity contribution < 1.29 is 27.1 Å². The van der Waals surface area contributed by atoms with Gasteiger partial charge in [0.05, 0.1) is 23.0 Å². The van der Waals surface area contributed by atoms with E-state index in [-0.39, 0.29) is 22.5 Å². The minimum Gasteiger partial charge on any atom is -0.410 e. The summed E-state index contributed by atoms with van der Waals surface area (Å²) in [5.41, 5.74) is 4.35. The molecule has 4 heterocycles. The van der Waals surface area contributed by atoms with Gasteiger partial charge in [-0.15, -0.1) is 0 Å². The second-order valence-electron chi connectivity index (χ2n) is 14.8. The Morgan fingerprint density at radius 3 is 2.24 bits per heavy atom. The molecule has 9 heteroatoms. The third kappa shape index (κ3) is 5.52. The molecule has 0 saturated carbocycles. The van der Waals surface area contributed by atoms with E-state index in [1.54, 1.807) is 0 Å². The lowest BCUT2D eigenvalue weighted by atomic mass is 9.70. The quantitative estimate of drug-likeness (QED) is 0.333. The Bertz CT molecular complexity index is 1290. The average molecular weight is 591 g/mol. The minimum absolute atomic E-state index is 0.00615. The number of nitrogens with zero attached hydrogens (tertiary/aromatic N) is 2. The first kappa shape index (κ1) is 30.6. The monoisotopic (exact) mass is 590 g/mol. The molecule has 1 fully saturated rings. The number of rotatable bonds is 4. The highest BCUT2D eigenvalue weighted by molar-refractivity contribution is 6.74. The predicted octanol–water partition coefficient (Wildman–Crippen LogP) is 8.78. The highest BCUT2D eigenvalue weighted by atomic mass is 28.4. The van der Waals surface area contributed by atoms with Gasteiger partial charge in [0.15, 0.2) is 8.32 Å². The maximum Gasteiger partial charge on any atom is 0.417 e. The fourth-order valence-electron chi connectivity index (χ4n) is 6.47. The van der Waals surface area contributed by atoms with E-state index in [4.69, 9.17) is 18.9 Å². The van der Waals surface area contributed by atoms with Crippen molar-refractivity contribution >= 4 is 8.32 Å². The lowest BCUT2D eigenvalue weighted by Crippen LogP contribution is -2.45. The average Bonchev–Trinajstić information content (AvgIpc) is 3.15. The van der Waals surface area contributed by atoms with Crippen LogP contribution in [0.25, 0.3) is 0 Å². The highest BCUT2D eigenvalue weighted by Gasteiger charge is 2.54. The molecule has 1 saturated heterocycles. The van der Waals surface area contributed by atoms with Gasteiger partial charge in [0.2, 0.25) is 0 Å². The Hall–Kier alpha value is -1.81. The van der Waals surface area contributed by atoms with E-state index >= 15 is 0 Å². The molecule has 3 aliphatic rings. The maximum atomic E-state index is 13.4. The second-order valence-corrected chi connectivity index (χ2v) is 19.5. The van der Waals surface area contributed by atoms with Crippen molar-refractivity contribution in [1.29, 1.82) is 0 Å². The van der Waals surface area contributed by atoms with Crippen LogP contribution in [-0.2, 0) is 32.1 Å². The van der Waals surface area contributed by atoms with Crippen LogP contribution in [0.2, 0.25) is 18.1 Å². The standard InChI is InChI=1S/C32H45F3N2O3Si/c1-19(2)27-25-26(24-22(37-27)16-30(6,7)17-23(24)40-41(8,9)29(3,4)5)31(12-14-38-15-13-31)39-28(25)21-11-10-20(18-36-21)32(33,34)35/h10-11,18-19,23,28H,12-17H2,1-9H3/t23?,28-/m1/s1. The number of halogens is 3. The van der Waals surface area contributed by atoms with E-state index in [2.05, 4.69) is 66.5 Å². The number of fused-ring (bicyclic) bond motifs is 4. The largest absolute Gasteiger partial charge is 0.417 e. The van der Waals surface area contributed by atoms with Crippen molar-refractivity contribution in [3.63, 3.8) is 0 Å². The number of hydrogen-bond donors (Lipinski definition) is 0. The Morgan fingerprint density at radius 2 is 1.71 bits per heavy atom. The molecule has 0 aromatic carbocycles. The summed E-state index contributed by atoms with van der Waals surface area (Å²) >= 11 is 0. The molecule has 5 nitrogen and oxygen atoms in total. The third-order valence-corrected chi connectivity index (χ3v) is 14.1. The van der Waals surface area contributed by atoms with Crippen molar-refractivity contribution in [1.82, 2.24) is 9.97 Å². The molecule has 2 aromatic heterocycles. The van der Waals surface area contributed by atoms with Crippen molar-refractivity contribution in [3.05, 3.63) is 57.7 Å². The summed E-state index contributed by atoms with van der Waals surface area (Å²) in [5.74, 6) is 0.0920. The highest BCUT2D eigenvalue weighted by Crippen LogP contribution is 2.58. The van der Waals surface area contributed by atoms with Crippen LogP contribution in [0.3, 0.4) is 0 Å². The first-order valence-corrected chi connectivity index (χ1v) is 17.8. The molecule has 1 spiro atoms. The van der Waals surface area contributed by atoms with Gasteiger partial charge in [0.1, 0.15) is 6.10 Å². The van der Waals surface area contributed by atoms with Crippen molar-refractivity contribution in [2.75, 3.05) is 13.2 Å². The van der Waals surface area contributed by atoms with Gasteiger partial charge in [-0.3, -0.25) is 9.97 Å². The molecule has 1 aliphatic carbocycles. The van der Waals surface area contributed by atoms with Crippen molar-refractivity contribution in [3.8, 4) is 0 Å². The molecule has 226 valence electrons. The van der Waals surface area contributed by atoms with Gasteiger partial charge in [0.25, 0.3) is 0 Å². The second kappa shape index (κ2) is 10.1. The smallest absolute Gasteiger partial charge is 0.410 e. The molecule has 0 N–H and O–H groups in total. The SMILES string of the molecule is CC(C)c1nc2c(c3c1[C@@H](c1ccc(C(F)(F)F)cn1)OC31CCOCC1)C(O[Si](C)(C)C(C)(C)C)CC(C)(C)C2. The Morgan fingerprint density at radius 1 is 1.05 bits per heavy atom. The molecule has 0 radical (unpaired) electrons. The Kier molecular flexibility index (Phi) is 7.57. The van der Waals surface area contributed by atoms with E-state index < -0.39 is 31.8 Å². The molecule has 1 unspecified atom stereocenters. The topological polar surface area (TPSA) is 53.5 Å². The Labute approximate surface area is 243 Å². The van der Waals surface area contributed by atoms with Gasteiger partial charge in [-0.05, 0) is 60.0 Å². The Balaban J connectivity index is 1.76. The number of alkyl halides is 3. The van der Waals surface area contributed by atoms with Crippen LogP contribution in [0.15, 0.2) is 18.3 Å². The van der Waals surface area contributed by atoms with Crippen LogP contribution in [0, 0.1) is 5.41 Å².